The second-order valence-corrected chi connectivity index (χ2v) is 9.31. The second kappa shape index (κ2) is 20.3. The molecular weight excluding hydrogens is 424 g/mol. The molecule has 0 spiro atoms. The monoisotopic (exact) mass is 474 g/mol. The summed E-state index contributed by atoms with van der Waals surface area (Å²) in [6.45, 7) is 8.48. The summed E-state index contributed by atoms with van der Waals surface area (Å²) in [6, 6.07) is 5.19. The van der Waals surface area contributed by atoms with Gasteiger partial charge >= 0.3 is 0 Å². The molecule has 2 amide bonds. The summed E-state index contributed by atoms with van der Waals surface area (Å²) in [5.74, 6) is 0.275. The van der Waals surface area contributed by atoms with E-state index >= 15 is 0 Å². The number of nitrogens with one attached hydrogen (secondary N) is 2. The van der Waals surface area contributed by atoms with Crippen LogP contribution in [0.15, 0.2) is 18.2 Å². The summed E-state index contributed by atoms with van der Waals surface area (Å²) in [7, 11) is 0. The molecule has 5 heteroatoms. The fourth-order valence-corrected chi connectivity index (χ4v) is 3.92. The van der Waals surface area contributed by atoms with Gasteiger partial charge in [0.05, 0.1) is 12.2 Å². The Morgan fingerprint density at radius 1 is 0.647 bits per heavy atom. The molecule has 0 bridgehead atoms. The van der Waals surface area contributed by atoms with Crippen LogP contribution in [0.1, 0.15) is 138 Å². The predicted molar refractivity (Wildman–Crippen MR) is 143 cm³/mol. The van der Waals surface area contributed by atoms with E-state index in [1.807, 2.05) is 0 Å². The average molecular weight is 475 g/mol. The highest BCUT2D eigenvalue weighted by Gasteiger charge is 2.16. The molecule has 1 aromatic carbocycles. The van der Waals surface area contributed by atoms with Crippen LogP contribution in [0.4, 0.5) is 0 Å². The molecule has 0 saturated heterocycles. The van der Waals surface area contributed by atoms with Crippen molar-refractivity contribution >= 4 is 11.8 Å². The normalized spacial score (nSPS) is 10.8. The van der Waals surface area contributed by atoms with Gasteiger partial charge in [0.1, 0.15) is 5.75 Å². The van der Waals surface area contributed by atoms with Crippen LogP contribution < -0.4 is 15.4 Å². The highest BCUT2D eigenvalue weighted by molar-refractivity contribution is 6.00. The van der Waals surface area contributed by atoms with Crippen LogP contribution in [-0.2, 0) is 0 Å². The van der Waals surface area contributed by atoms with E-state index in [-0.39, 0.29) is 11.8 Å². The molecule has 0 heterocycles. The van der Waals surface area contributed by atoms with Gasteiger partial charge < -0.3 is 15.4 Å². The van der Waals surface area contributed by atoms with Gasteiger partial charge in [-0.1, -0.05) is 97.8 Å². The van der Waals surface area contributed by atoms with Gasteiger partial charge in [0.15, 0.2) is 0 Å². The Labute approximate surface area is 208 Å². The van der Waals surface area contributed by atoms with Gasteiger partial charge in [-0.3, -0.25) is 9.59 Å². The standard InChI is InChI=1S/C29H50N2O3/c1-4-7-10-13-14-15-18-23-34-27-24-25(28(32)30-21-16-11-8-5-2)19-20-26(27)29(33)31-22-17-12-9-6-3/h19-20,24H,4-18,21-23H2,1-3H3,(H,30,32)(H,31,33). The maximum atomic E-state index is 12.8. The lowest BCUT2D eigenvalue weighted by Crippen LogP contribution is -2.26. The van der Waals surface area contributed by atoms with Gasteiger partial charge in [0.25, 0.3) is 11.8 Å². The Hall–Kier alpha value is -2.04. The van der Waals surface area contributed by atoms with Crippen molar-refractivity contribution in [3.8, 4) is 5.75 Å². The molecule has 0 fully saturated rings. The van der Waals surface area contributed by atoms with Crippen LogP contribution in [-0.4, -0.2) is 31.5 Å². The topological polar surface area (TPSA) is 67.4 Å². The van der Waals surface area contributed by atoms with Crippen LogP contribution in [0.25, 0.3) is 0 Å². The number of benzene rings is 1. The van der Waals surface area contributed by atoms with Gasteiger partial charge in [-0.25, -0.2) is 0 Å². The van der Waals surface area contributed by atoms with Gasteiger partial charge in [-0.15, -0.1) is 0 Å². The number of rotatable bonds is 21. The first-order chi connectivity index (χ1) is 16.6. The quantitative estimate of drug-likeness (QED) is 0.182. The molecule has 0 unspecified atom stereocenters. The Kier molecular flexibility index (Phi) is 17.9. The smallest absolute Gasteiger partial charge is 0.255 e. The number of hydrogen-bond donors (Lipinski definition) is 2. The first-order valence-corrected chi connectivity index (χ1v) is 14.0. The molecule has 0 radical (unpaired) electrons. The number of unbranched alkanes of at least 4 members (excludes halogenated alkanes) is 12. The zero-order valence-electron chi connectivity index (χ0n) is 22.2. The fourth-order valence-electron chi connectivity index (χ4n) is 3.92. The summed E-state index contributed by atoms with van der Waals surface area (Å²) in [4.78, 5) is 25.4. The number of carbonyl (C=O) groups is 2. The minimum Gasteiger partial charge on any atom is -0.493 e. The van der Waals surface area contributed by atoms with E-state index in [2.05, 4.69) is 31.4 Å². The summed E-state index contributed by atoms with van der Waals surface area (Å²) < 4.78 is 6.04. The molecule has 0 aliphatic heterocycles. The molecule has 0 saturated carbocycles. The lowest BCUT2D eigenvalue weighted by atomic mass is 10.1. The summed E-state index contributed by atoms with van der Waals surface area (Å²) in [6.07, 6.45) is 17.4. The van der Waals surface area contributed by atoms with Crippen molar-refractivity contribution in [3.05, 3.63) is 29.3 Å². The van der Waals surface area contributed by atoms with Gasteiger partial charge in [-0.05, 0) is 37.5 Å². The van der Waals surface area contributed by atoms with E-state index in [0.29, 0.717) is 36.6 Å². The number of amides is 2. The lowest BCUT2D eigenvalue weighted by molar-refractivity contribution is 0.0937. The minimum atomic E-state index is -0.127. The molecule has 0 aliphatic rings. The second-order valence-electron chi connectivity index (χ2n) is 9.31. The molecule has 1 aromatic rings. The lowest BCUT2D eigenvalue weighted by Gasteiger charge is -2.14. The highest BCUT2D eigenvalue weighted by Crippen LogP contribution is 2.22. The van der Waals surface area contributed by atoms with Gasteiger partial charge in [0, 0.05) is 18.7 Å². The molecule has 2 N–H and O–H groups in total. The number of hydrogen-bond acceptors (Lipinski definition) is 3. The first-order valence-electron chi connectivity index (χ1n) is 14.0. The van der Waals surface area contributed by atoms with Crippen molar-refractivity contribution in [3.63, 3.8) is 0 Å². The van der Waals surface area contributed by atoms with Crippen molar-refractivity contribution in [1.82, 2.24) is 10.6 Å². The van der Waals surface area contributed by atoms with Crippen molar-refractivity contribution in [1.29, 1.82) is 0 Å². The third kappa shape index (κ3) is 13.6. The highest BCUT2D eigenvalue weighted by atomic mass is 16.5. The van der Waals surface area contributed by atoms with E-state index in [9.17, 15) is 9.59 Å². The van der Waals surface area contributed by atoms with Crippen LogP contribution in [0.5, 0.6) is 5.75 Å². The minimum absolute atomic E-state index is 0.108. The van der Waals surface area contributed by atoms with Crippen LogP contribution >= 0.6 is 0 Å². The van der Waals surface area contributed by atoms with Crippen LogP contribution in [0, 0.1) is 0 Å². The van der Waals surface area contributed by atoms with E-state index in [4.69, 9.17) is 4.74 Å². The molecule has 0 atom stereocenters. The van der Waals surface area contributed by atoms with Crippen molar-refractivity contribution in [2.45, 2.75) is 117 Å². The van der Waals surface area contributed by atoms with Crippen LogP contribution in [0.2, 0.25) is 0 Å². The molecule has 0 aliphatic carbocycles. The summed E-state index contributed by atoms with van der Waals surface area (Å²) in [5, 5.41) is 6.00. The summed E-state index contributed by atoms with van der Waals surface area (Å²) in [5.41, 5.74) is 1.06. The van der Waals surface area contributed by atoms with E-state index < -0.39 is 0 Å². The fraction of sp³-hybridized carbons (Fsp3) is 0.724. The Bertz CT molecular complexity index is 675. The molecule has 34 heavy (non-hydrogen) atoms. The maximum absolute atomic E-state index is 12.8. The zero-order valence-corrected chi connectivity index (χ0v) is 22.2. The third-order valence-corrected chi connectivity index (χ3v) is 6.13. The Morgan fingerprint density at radius 2 is 1.15 bits per heavy atom. The Morgan fingerprint density at radius 3 is 1.74 bits per heavy atom. The first kappa shape index (κ1) is 30.0. The number of carbonyl (C=O) groups excluding carboxylic acids is 2. The maximum Gasteiger partial charge on any atom is 0.255 e. The molecule has 194 valence electrons. The summed E-state index contributed by atoms with van der Waals surface area (Å²) >= 11 is 0. The van der Waals surface area contributed by atoms with E-state index in [0.717, 1.165) is 38.5 Å². The van der Waals surface area contributed by atoms with Gasteiger partial charge in [0.2, 0.25) is 0 Å². The van der Waals surface area contributed by atoms with E-state index in [1.165, 1.54) is 57.8 Å². The van der Waals surface area contributed by atoms with Gasteiger partial charge in [-0.2, -0.15) is 0 Å². The molecular formula is C29H50N2O3. The third-order valence-electron chi connectivity index (χ3n) is 6.13. The van der Waals surface area contributed by atoms with Crippen LogP contribution in [0.3, 0.4) is 0 Å². The van der Waals surface area contributed by atoms with Crippen molar-refractivity contribution < 1.29 is 14.3 Å². The Balaban J connectivity index is 2.67. The molecule has 0 aromatic heterocycles. The van der Waals surface area contributed by atoms with Crippen molar-refractivity contribution in [2.75, 3.05) is 19.7 Å². The largest absolute Gasteiger partial charge is 0.493 e. The average Bonchev–Trinajstić information content (AvgIpc) is 2.85. The van der Waals surface area contributed by atoms with E-state index in [1.54, 1.807) is 18.2 Å². The van der Waals surface area contributed by atoms with Crippen molar-refractivity contribution in [2.24, 2.45) is 0 Å². The predicted octanol–water partition coefficient (Wildman–Crippen LogP) is 7.44. The SMILES string of the molecule is CCCCCCCCCOc1cc(C(=O)NCCCCCC)ccc1C(=O)NCCCCCC. The molecule has 5 nitrogen and oxygen atoms in total. The number of ether oxygens (including phenoxy) is 1. The zero-order chi connectivity index (χ0) is 24.9. The molecule has 1 rings (SSSR count).